The minimum absolute atomic E-state index is 0.0609. The molecule has 1 aromatic rings. The molecule has 45 heavy (non-hydrogen) atoms. The number of likely N-dealkylation sites (tertiary alicyclic amines) is 1. The number of fused-ring (bicyclic) bond motifs is 2. The minimum atomic E-state index is -1.32. The van der Waals surface area contributed by atoms with Crippen molar-refractivity contribution in [1.29, 1.82) is 0 Å². The summed E-state index contributed by atoms with van der Waals surface area (Å²) in [6.07, 6.45) is 8.23. The Morgan fingerprint density at radius 2 is 1.76 bits per heavy atom. The Balaban J connectivity index is 1.58. The van der Waals surface area contributed by atoms with E-state index in [0.717, 1.165) is 5.56 Å². The standard InChI is InChI=1S/C35H47N3O7/c1-33(2,3)22-34(4,5)38-19-11-7-10-15-26(40)44-21-24(23-13-8-6-9-14-23)36-30(41)27-25-16-17-35(45-25)28(27)31(42)37(18-12-20-39)29(35)32(38)43/h6-9,11,13-14,16-17,24-25,27-29,39H,10,12,15,18-22H2,1-5H3,(H,36,41)/b11-7-/t24-,25-,27+,28+,29-,35+/m1/s1. The van der Waals surface area contributed by atoms with E-state index in [-0.39, 0.29) is 62.3 Å². The SMILES string of the molecule is CC(C)(C)CC(C)(C)N1C/C=C\CCC(=O)OC[C@H](c2ccccc2)NC(=O)[C@@H]2[C@H]3C(=O)N(CCCO)[C@H](C1=O)[C@]31C=C[C@H]2O1. The summed E-state index contributed by atoms with van der Waals surface area (Å²) in [7, 11) is 0. The van der Waals surface area contributed by atoms with Crippen LogP contribution in [0, 0.1) is 17.3 Å². The van der Waals surface area contributed by atoms with E-state index in [1.165, 1.54) is 4.90 Å². The number of allylic oxidation sites excluding steroid dienone is 1. The topological polar surface area (TPSA) is 125 Å². The molecule has 4 aliphatic rings. The van der Waals surface area contributed by atoms with Crippen molar-refractivity contribution in [2.75, 3.05) is 26.3 Å². The molecule has 4 heterocycles. The van der Waals surface area contributed by atoms with Gasteiger partial charge in [-0.3, -0.25) is 19.2 Å². The highest BCUT2D eigenvalue weighted by Gasteiger charge is 2.73. The Morgan fingerprint density at radius 3 is 2.44 bits per heavy atom. The van der Waals surface area contributed by atoms with Gasteiger partial charge in [-0.15, -0.1) is 0 Å². The molecule has 1 spiro atoms. The summed E-state index contributed by atoms with van der Waals surface area (Å²) in [5, 5.41) is 12.8. The number of hydrogen-bond acceptors (Lipinski definition) is 7. The molecular formula is C35H47N3O7. The van der Waals surface area contributed by atoms with Crippen LogP contribution >= 0.6 is 0 Å². The minimum Gasteiger partial charge on any atom is -0.463 e. The zero-order chi connectivity index (χ0) is 32.6. The number of rotatable bonds is 6. The predicted molar refractivity (Wildman–Crippen MR) is 167 cm³/mol. The first kappa shape index (κ1) is 32.9. The molecule has 6 atom stereocenters. The summed E-state index contributed by atoms with van der Waals surface area (Å²) in [6.45, 7) is 10.6. The van der Waals surface area contributed by atoms with Crippen molar-refractivity contribution in [3.63, 3.8) is 0 Å². The lowest BCUT2D eigenvalue weighted by Gasteiger charge is -2.45. The van der Waals surface area contributed by atoms with Gasteiger partial charge in [0.25, 0.3) is 0 Å². The molecule has 5 bridgehead atoms. The average Bonchev–Trinajstić information content (AvgIpc) is 3.61. The Morgan fingerprint density at radius 1 is 1.02 bits per heavy atom. The number of aliphatic hydroxyl groups excluding tert-OH is 1. The quantitative estimate of drug-likeness (QED) is 0.369. The van der Waals surface area contributed by atoms with E-state index < -0.39 is 47.1 Å². The molecule has 2 fully saturated rings. The van der Waals surface area contributed by atoms with Crippen LogP contribution in [0.2, 0.25) is 0 Å². The van der Waals surface area contributed by atoms with Crippen LogP contribution in [0.4, 0.5) is 0 Å². The third-order valence-corrected chi connectivity index (χ3v) is 9.33. The van der Waals surface area contributed by atoms with E-state index in [1.807, 2.05) is 56.3 Å². The number of cyclic esters (lactones) is 1. The van der Waals surface area contributed by atoms with E-state index in [4.69, 9.17) is 9.47 Å². The van der Waals surface area contributed by atoms with Gasteiger partial charge in [0.05, 0.1) is 24.0 Å². The van der Waals surface area contributed by atoms with Crippen LogP contribution in [0.3, 0.4) is 0 Å². The molecule has 0 aliphatic carbocycles. The van der Waals surface area contributed by atoms with E-state index >= 15 is 0 Å². The van der Waals surface area contributed by atoms with Gasteiger partial charge >= 0.3 is 5.97 Å². The van der Waals surface area contributed by atoms with Gasteiger partial charge in [0.1, 0.15) is 18.2 Å². The van der Waals surface area contributed by atoms with E-state index in [0.29, 0.717) is 12.8 Å². The monoisotopic (exact) mass is 621 g/mol. The molecule has 0 radical (unpaired) electrons. The lowest BCUT2D eigenvalue weighted by atomic mass is 9.73. The van der Waals surface area contributed by atoms with Crippen molar-refractivity contribution in [2.24, 2.45) is 17.3 Å². The maximum atomic E-state index is 14.9. The van der Waals surface area contributed by atoms with Crippen LogP contribution in [0.1, 0.15) is 71.9 Å². The molecule has 4 aliphatic heterocycles. The second-order valence-corrected chi connectivity index (χ2v) is 14.5. The molecule has 10 heteroatoms. The molecule has 5 rings (SSSR count). The number of carbonyl (C=O) groups excluding carboxylic acids is 4. The lowest BCUT2D eigenvalue weighted by Crippen LogP contribution is -2.60. The summed E-state index contributed by atoms with van der Waals surface area (Å²) in [5.41, 5.74) is -1.27. The second kappa shape index (κ2) is 12.7. The molecule has 10 nitrogen and oxygen atoms in total. The highest BCUT2D eigenvalue weighted by Crippen LogP contribution is 2.55. The van der Waals surface area contributed by atoms with Gasteiger partial charge in [-0.2, -0.15) is 0 Å². The maximum absolute atomic E-state index is 14.9. The fourth-order valence-corrected chi connectivity index (χ4v) is 7.83. The third kappa shape index (κ3) is 6.45. The summed E-state index contributed by atoms with van der Waals surface area (Å²) < 4.78 is 12.2. The Hall–Kier alpha value is -3.50. The smallest absolute Gasteiger partial charge is 0.306 e. The van der Waals surface area contributed by atoms with Gasteiger partial charge in [0, 0.05) is 31.7 Å². The fraction of sp³-hybridized carbons (Fsp3) is 0.600. The molecule has 3 amide bonds. The van der Waals surface area contributed by atoms with Gasteiger partial charge in [-0.05, 0) is 44.1 Å². The highest BCUT2D eigenvalue weighted by molar-refractivity contribution is 6.00. The zero-order valence-electron chi connectivity index (χ0n) is 27.0. The van der Waals surface area contributed by atoms with Crippen molar-refractivity contribution in [3.05, 3.63) is 60.2 Å². The number of benzene rings is 1. The van der Waals surface area contributed by atoms with Crippen molar-refractivity contribution >= 4 is 23.7 Å². The second-order valence-electron chi connectivity index (χ2n) is 14.5. The molecule has 0 unspecified atom stereocenters. The van der Waals surface area contributed by atoms with Crippen molar-refractivity contribution < 1.29 is 33.8 Å². The van der Waals surface area contributed by atoms with Crippen LogP contribution in [-0.4, -0.2) is 88.2 Å². The molecule has 0 aromatic heterocycles. The number of nitrogens with zero attached hydrogens (tertiary/aromatic N) is 2. The Labute approximate surface area is 265 Å². The molecule has 0 saturated carbocycles. The van der Waals surface area contributed by atoms with Crippen LogP contribution in [0.5, 0.6) is 0 Å². The Bertz CT molecular complexity index is 1350. The van der Waals surface area contributed by atoms with Gasteiger partial charge < -0.3 is 29.7 Å². The maximum Gasteiger partial charge on any atom is 0.306 e. The molecular weight excluding hydrogens is 574 g/mol. The van der Waals surface area contributed by atoms with Crippen LogP contribution in [-0.2, 0) is 28.7 Å². The van der Waals surface area contributed by atoms with E-state index in [2.05, 4.69) is 26.1 Å². The summed E-state index contributed by atoms with van der Waals surface area (Å²) in [5.74, 6) is -3.19. The van der Waals surface area contributed by atoms with Crippen molar-refractivity contribution in [1.82, 2.24) is 15.1 Å². The van der Waals surface area contributed by atoms with Crippen LogP contribution in [0.25, 0.3) is 0 Å². The molecule has 1 aromatic carbocycles. The molecule has 2 N–H and O–H groups in total. The number of nitrogens with one attached hydrogen (secondary N) is 1. The van der Waals surface area contributed by atoms with Crippen LogP contribution in [0.15, 0.2) is 54.6 Å². The first-order valence-corrected chi connectivity index (χ1v) is 16.0. The van der Waals surface area contributed by atoms with Crippen molar-refractivity contribution in [3.8, 4) is 0 Å². The summed E-state index contributed by atoms with van der Waals surface area (Å²) in [6, 6.07) is 7.61. The molecule has 2 saturated heterocycles. The van der Waals surface area contributed by atoms with E-state index in [1.54, 1.807) is 17.1 Å². The number of aliphatic hydroxyl groups is 1. The Kier molecular flexibility index (Phi) is 9.29. The molecule has 244 valence electrons. The number of esters is 1. The third-order valence-electron chi connectivity index (χ3n) is 9.33. The summed E-state index contributed by atoms with van der Waals surface area (Å²) in [4.78, 5) is 59.3. The largest absolute Gasteiger partial charge is 0.463 e. The fourth-order valence-electron chi connectivity index (χ4n) is 7.83. The number of carbonyl (C=O) groups is 4. The number of hydrogen-bond donors (Lipinski definition) is 2. The van der Waals surface area contributed by atoms with Gasteiger partial charge in [0.15, 0.2) is 0 Å². The van der Waals surface area contributed by atoms with Crippen LogP contribution < -0.4 is 5.32 Å². The summed E-state index contributed by atoms with van der Waals surface area (Å²) >= 11 is 0. The highest BCUT2D eigenvalue weighted by atomic mass is 16.5. The average molecular weight is 622 g/mol. The normalized spacial score (nSPS) is 31.6. The van der Waals surface area contributed by atoms with Gasteiger partial charge in [-0.1, -0.05) is 75.4 Å². The van der Waals surface area contributed by atoms with Gasteiger partial charge in [-0.25, -0.2) is 0 Å². The number of ether oxygens (including phenoxy) is 2. The predicted octanol–water partition coefficient (Wildman–Crippen LogP) is 3.31. The van der Waals surface area contributed by atoms with Gasteiger partial charge in [0.2, 0.25) is 17.7 Å². The zero-order valence-corrected chi connectivity index (χ0v) is 27.0. The van der Waals surface area contributed by atoms with E-state index in [9.17, 15) is 24.3 Å². The first-order chi connectivity index (χ1) is 21.3. The lowest BCUT2D eigenvalue weighted by molar-refractivity contribution is -0.152. The first-order valence-electron chi connectivity index (χ1n) is 16.0. The van der Waals surface area contributed by atoms with Crippen molar-refractivity contribution in [2.45, 2.75) is 89.6 Å². The number of amides is 3.